The number of benzene rings is 2. The molecule has 10 heteroatoms. The Hall–Kier alpha value is -3.58. The Morgan fingerprint density at radius 1 is 1.07 bits per heavy atom. The van der Waals surface area contributed by atoms with Gasteiger partial charge in [0.05, 0.1) is 6.10 Å². The van der Waals surface area contributed by atoms with Gasteiger partial charge in [0, 0.05) is 45.2 Å². The molecule has 5 rings (SSSR count). The third kappa shape index (κ3) is 7.20. The highest BCUT2D eigenvalue weighted by Gasteiger charge is 2.55. The third-order valence-electron chi connectivity index (χ3n) is 9.30. The van der Waals surface area contributed by atoms with Crippen molar-refractivity contribution in [1.82, 2.24) is 20.4 Å². The zero-order valence-corrected chi connectivity index (χ0v) is 26.1. The number of nitrogens with one attached hydrogen (secondary N) is 2. The molecule has 3 N–H and O–H groups in total. The Kier molecular flexibility index (Phi) is 11.3. The first-order valence-corrected chi connectivity index (χ1v) is 15.4. The number of aliphatic hydroxyl groups excluding tert-OH is 1. The van der Waals surface area contributed by atoms with Crippen LogP contribution >= 0.6 is 12.4 Å². The van der Waals surface area contributed by atoms with Crippen molar-refractivity contribution < 1.29 is 24.2 Å². The highest BCUT2D eigenvalue weighted by atomic mass is 35.5. The number of rotatable bonds is 9. The van der Waals surface area contributed by atoms with E-state index in [0.29, 0.717) is 62.5 Å². The van der Waals surface area contributed by atoms with Crippen molar-refractivity contribution >= 4 is 30.1 Å². The van der Waals surface area contributed by atoms with Crippen molar-refractivity contribution in [1.29, 1.82) is 0 Å². The molecule has 1 spiro atoms. The predicted octanol–water partition coefficient (Wildman–Crippen LogP) is 3.89. The molecule has 3 amide bonds. The average molecular weight is 623 g/mol. The van der Waals surface area contributed by atoms with Gasteiger partial charge >= 0.3 is 0 Å². The number of ether oxygens (including phenoxy) is 1. The molecule has 0 bridgehead atoms. The van der Waals surface area contributed by atoms with Crippen molar-refractivity contribution in [3.8, 4) is 23.8 Å². The molecule has 1 saturated carbocycles. The van der Waals surface area contributed by atoms with Gasteiger partial charge in [-0.25, -0.2) is 0 Å². The van der Waals surface area contributed by atoms with Crippen molar-refractivity contribution in [3.05, 3.63) is 59.7 Å². The molecule has 1 aliphatic carbocycles. The summed E-state index contributed by atoms with van der Waals surface area (Å²) in [4.78, 5) is 43.2. The summed E-state index contributed by atoms with van der Waals surface area (Å²) in [7, 11) is 1.60. The van der Waals surface area contributed by atoms with Gasteiger partial charge in [-0.3, -0.25) is 19.3 Å². The van der Waals surface area contributed by atoms with E-state index in [0.717, 1.165) is 37.7 Å². The van der Waals surface area contributed by atoms with Gasteiger partial charge in [-0.1, -0.05) is 31.4 Å². The molecule has 9 nitrogen and oxygen atoms in total. The Morgan fingerprint density at radius 3 is 2.27 bits per heavy atom. The second-order valence-corrected chi connectivity index (χ2v) is 11.9. The van der Waals surface area contributed by atoms with E-state index in [-0.39, 0.29) is 36.0 Å². The highest BCUT2D eigenvalue weighted by Crippen LogP contribution is 2.36. The molecular formula is C34H43ClN4O5. The molecule has 0 radical (unpaired) electrons. The normalized spacial score (nSPS) is 21.1. The van der Waals surface area contributed by atoms with Crippen molar-refractivity contribution in [2.75, 3.05) is 26.7 Å². The highest BCUT2D eigenvalue weighted by molar-refractivity contribution is 6.00. The van der Waals surface area contributed by atoms with E-state index in [1.807, 2.05) is 24.3 Å². The van der Waals surface area contributed by atoms with Gasteiger partial charge in [0.15, 0.2) is 0 Å². The lowest BCUT2D eigenvalue weighted by Gasteiger charge is -2.52. The SMILES string of the molecule is C#CCCN1C(=O)[C@@H]([C@H](O)C2CCCCC2)NC(=O)C12CCN(Cc1ccc(Oc3ccc(C(=O)NC)cc3)cc1)CC2.Cl. The minimum Gasteiger partial charge on any atom is -0.457 e. The van der Waals surface area contributed by atoms with Gasteiger partial charge in [0.25, 0.3) is 5.91 Å². The van der Waals surface area contributed by atoms with Gasteiger partial charge in [0.1, 0.15) is 23.1 Å². The van der Waals surface area contributed by atoms with E-state index in [4.69, 9.17) is 11.2 Å². The van der Waals surface area contributed by atoms with Gasteiger partial charge in [-0.15, -0.1) is 24.8 Å². The molecule has 44 heavy (non-hydrogen) atoms. The zero-order valence-electron chi connectivity index (χ0n) is 25.3. The summed E-state index contributed by atoms with van der Waals surface area (Å²) in [5.41, 5.74) is 0.736. The maximum atomic E-state index is 13.8. The Bertz CT molecular complexity index is 1330. The minimum absolute atomic E-state index is 0. The van der Waals surface area contributed by atoms with Crippen LogP contribution in [0.4, 0.5) is 0 Å². The molecule has 2 aromatic carbocycles. The van der Waals surface area contributed by atoms with E-state index in [1.165, 1.54) is 0 Å². The quantitative estimate of drug-likeness (QED) is 0.366. The van der Waals surface area contributed by atoms with Crippen LogP contribution in [0.2, 0.25) is 0 Å². The predicted molar refractivity (Wildman–Crippen MR) is 171 cm³/mol. The molecule has 0 unspecified atom stereocenters. The van der Waals surface area contributed by atoms with Gasteiger partial charge in [-0.05, 0) is 73.6 Å². The first-order valence-electron chi connectivity index (χ1n) is 15.4. The van der Waals surface area contributed by atoms with Crippen LogP contribution in [0.25, 0.3) is 0 Å². The summed E-state index contributed by atoms with van der Waals surface area (Å²) in [6, 6.07) is 13.9. The monoisotopic (exact) mass is 622 g/mol. The third-order valence-corrected chi connectivity index (χ3v) is 9.30. The van der Waals surface area contributed by atoms with Crippen molar-refractivity contribution in [2.45, 2.75) is 75.6 Å². The number of hydrogen-bond donors (Lipinski definition) is 3. The second-order valence-electron chi connectivity index (χ2n) is 11.9. The molecule has 2 saturated heterocycles. The van der Waals surface area contributed by atoms with Crippen molar-refractivity contribution in [3.63, 3.8) is 0 Å². The largest absolute Gasteiger partial charge is 0.457 e. The van der Waals surface area contributed by atoms with Crippen LogP contribution in [0, 0.1) is 18.3 Å². The number of aliphatic hydroxyl groups is 1. The molecule has 3 aliphatic rings. The van der Waals surface area contributed by atoms with Crippen LogP contribution in [0.3, 0.4) is 0 Å². The summed E-state index contributed by atoms with van der Waals surface area (Å²) in [6.07, 6.45) is 11.1. The molecule has 2 atom stereocenters. The molecule has 2 aromatic rings. The zero-order chi connectivity index (χ0) is 30.4. The molecule has 2 heterocycles. The Labute approximate surface area is 266 Å². The van der Waals surface area contributed by atoms with Gasteiger partial charge in [-0.2, -0.15) is 0 Å². The molecule has 2 aliphatic heterocycles. The van der Waals surface area contributed by atoms with Crippen LogP contribution in [-0.4, -0.2) is 77.0 Å². The standard InChI is InChI=1S/C34H42N4O5.ClH/c1-3-4-20-38-32(41)29(30(39)25-8-6-5-7-9-25)36-33(42)34(38)18-21-37(22-19-34)23-24-10-14-27(15-11-24)43-28-16-12-26(13-17-28)31(40)35-2;/h1,10-17,25,29-30,39H,4-9,18-23H2,2H3,(H,35,40)(H,36,42);1H/t29-,30-;/m1./s1. The summed E-state index contributed by atoms with van der Waals surface area (Å²) < 4.78 is 5.94. The summed E-state index contributed by atoms with van der Waals surface area (Å²) in [6.45, 7) is 2.32. The van der Waals surface area contributed by atoms with E-state index in [1.54, 1.807) is 36.2 Å². The number of carbonyl (C=O) groups excluding carboxylic acids is 3. The summed E-state index contributed by atoms with van der Waals surface area (Å²) in [5.74, 6) is 3.47. The minimum atomic E-state index is -0.946. The van der Waals surface area contributed by atoms with Crippen LogP contribution < -0.4 is 15.4 Å². The Balaban J connectivity index is 0.00000442. The topological polar surface area (TPSA) is 111 Å². The van der Waals surface area contributed by atoms with Gasteiger partial charge in [0.2, 0.25) is 11.8 Å². The lowest BCUT2D eigenvalue weighted by atomic mass is 9.78. The van der Waals surface area contributed by atoms with Crippen LogP contribution in [-0.2, 0) is 16.1 Å². The maximum Gasteiger partial charge on any atom is 0.251 e. The lowest BCUT2D eigenvalue weighted by Crippen LogP contribution is -2.75. The van der Waals surface area contributed by atoms with Crippen LogP contribution in [0.15, 0.2) is 48.5 Å². The van der Waals surface area contributed by atoms with Crippen LogP contribution in [0.5, 0.6) is 11.5 Å². The molecule has 3 fully saturated rings. The molecular weight excluding hydrogens is 580 g/mol. The van der Waals surface area contributed by atoms with Crippen LogP contribution in [0.1, 0.15) is 67.3 Å². The fraction of sp³-hybridized carbons (Fsp3) is 0.500. The number of terminal acetylenes is 1. The maximum absolute atomic E-state index is 13.8. The number of amides is 3. The number of hydrogen-bond acceptors (Lipinski definition) is 6. The lowest BCUT2D eigenvalue weighted by molar-refractivity contribution is -0.165. The smallest absolute Gasteiger partial charge is 0.251 e. The van der Waals surface area contributed by atoms with Gasteiger partial charge < -0.3 is 25.4 Å². The second kappa shape index (κ2) is 14.9. The molecule has 236 valence electrons. The fourth-order valence-electron chi connectivity index (χ4n) is 6.77. The van der Waals surface area contributed by atoms with E-state index in [9.17, 15) is 19.5 Å². The summed E-state index contributed by atoms with van der Waals surface area (Å²) in [5, 5.41) is 16.7. The number of carbonyl (C=O) groups is 3. The molecule has 0 aromatic heterocycles. The number of halogens is 1. The first kappa shape index (κ1) is 33.3. The van der Waals surface area contributed by atoms with E-state index >= 15 is 0 Å². The number of nitrogens with zero attached hydrogens (tertiary/aromatic N) is 2. The van der Waals surface area contributed by atoms with E-state index in [2.05, 4.69) is 21.5 Å². The number of piperidine rings is 1. The average Bonchev–Trinajstić information content (AvgIpc) is 3.04. The summed E-state index contributed by atoms with van der Waals surface area (Å²) >= 11 is 0. The first-order chi connectivity index (χ1) is 20.8. The number of piperazine rings is 1. The van der Waals surface area contributed by atoms with Crippen molar-refractivity contribution in [2.24, 2.45) is 5.92 Å². The van der Waals surface area contributed by atoms with E-state index < -0.39 is 17.7 Å². The Morgan fingerprint density at radius 2 is 1.68 bits per heavy atom. The number of likely N-dealkylation sites (tertiary alicyclic amines) is 1. The fourth-order valence-corrected chi connectivity index (χ4v) is 6.77.